The van der Waals surface area contributed by atoms with Gasteiger partial charge in [-0.2, -0.15) is 0 Å². The molecular formula is C26H29N3O4. The molecule has 5 atom stereocenters. The van der Waals surface area contributed by atoms with E-state index in [9.17, 15) is 14.8 Å². The number of carbonyl (C=O) groups is 2. The smallest absolute Gasteiger partial charge is 0.253 e. The molecule has 2 spiro atoms. The van der Waals surface area contributed by atoms with E-state index >= 15 is 0 Å². The molecule has 0 aromatic heterocycles. The van der Waals surface area contributed by atoms with Crippen LogP contribution in [0.25, 0.3) is 11.6 Å². The number of piperazine rings is 1. The second-order valence-electron chi connectivity index (χ2n) is 11.8. The fraction of sp³-hybridized carbons (Fsp3) is 0.538. The Morgan fingerprint density at radius 3 is 2.79 bits per heavy atom. The molecule has 0 saturated carbocycles. The molecule has 33 heavy (non-hydrogen) atoms. The van der Waals surface area contributed by atoms with Gasteiger partial charge in [-0.25, -0.2) is 0 Å². The molecule has 2 amide bonds. The third-order valence-electron chi connectivity index (χ3n) is 9.31. The number of fused-ring (bicyclic) bond motifs is 6. The maximum Gasteiger partial charge on any atom is 0.253 e. The van der Waals surface area contributed by atoms with Gasteiger partial charge in [0.15, 0.2) is 5.69 Å². The van der Waals surface area contributed by atoms with Crippen LogP contribution in [0.1, 0.15) is 58.1 Å². The van der Waals surface area contributed by atoms with Crippen molar-refractivity contribution >= 4 is 29.2 Å². The number of hydroxylamine groups is 1. The van der Waals surface area contributed by atoms with E-state index in [0.717, 1.165) is 23.1 Å². The van der Waals surface area contributed by atoms with Crippen molar-refractivity contribution in [1.82, 2.24) is 10.2 Å². The summed E-state index contributed by atoms with van der Waals surface area (Å²) in [7, 11) is 0. The molecule has 1 aromatic carbocycles. The van der Waals surface area contributed by atoms with E-state index in [1.54, 1.807) is 0 Å². The zero-order valence-corrected chi connectivity index (χ0v) is 19.5. The highest BCUT2D eigenvalue weighted by Gasteiger charge is 2.74. The van der Waals surface area contributed by atoms with Crippen LogP contribution in [0.4, 0.5) is 5.69 Å². The van der Waals surface area contributed by atoms with Crippen molar-refractivity contribution in [1.29, 1.82) is 0 Å². The summed E-state index contributed by atoms with van der Waals surface area (Å²) in [5, 5.41) is 17.3. The van der Waals surface area contributed by atoms with Crippen molar-refractivity contribution in [2.75, 3.05) is 6.54 Å². The molecule has 7 heteroatoms. The second kappa shape index (κ2) is 5.53. The van der Waals surface area contributed by atoms with Crippen molar-refractivity contribution in [3.05, 3.63) is 40.6 Å². The van der Waals surface area contributed by atoms with Crippen LogP contribution >= 0.6 is 0 Å². The predicted molar refractivity (Wildman–Crippen MR) is 122 cm³/mol. The van der Waals surface area contributed by atoms with Crippen LogP contribution in [0.3, 0.4) is 0 Å². The number of benzene rings is 1. The number of hydrogen-bond acceptors (Lipinski definition) is 4. The van der Waals surface area contributed by atoms with Crippen LogP contribution in [0.5, 0.6) is 5.75 Å². The van der Waals surface area contributed by atoms with Crippen molar-refractivity contribution in [3.8, 4) is 5.75 Å². The summed E-state index contributed by atoms with van der Waals surface area (Å²) in [6, 6.07) is 3.55. The number of nitrogens with one attached hydrogen (secondary N) is 2. The largest absolute Gasteiger partial charge is 0.628 e. The highest BCUT2D eigenvalue weighted by atomic mass is 16.5. The first-order valence-corrected chi connectivity index (χ1v) is 12.0. The summed E-state index contributed by atoms with van der Waals surface area (Å²) in [5.41, 5.74) is 0.503. The minimum Gasteiger partial charge on any atom is -0.628 e. The van der Waals surface area contributed by atoms with Crippen LogP contribution in [0, 0.1) is 16.5 Å². The summed E-state index contributed by atoms with van der Waals surface area (Å²) in [5.74, 6) is 0.555. The normalized spacial score (nSPS) is 40.2. The number of quaternary nitrogens is 1. The van der Waals surface area contributed by atoms with Crippen LogP contribution < -0.4 is 15.1 Å². The Balaban J connectivity index is 1.46. The zero-order valence-electron chi connectivity index (χ0n) is 19.5. The lowest BCUT2D eigenvalue weighted by atomic mass is 9.51. The van der Waals surface area contributed by atoms with Gasteiger partial charge in [-0.1, -0.05) is 13.8 Å². The Kier molecular flexibility index (Phi) is 3.32. The molecule has 7 nitrogen and oxygen atoms in total. The minimum absolute atomic E-state index is 0.00119. The molecule has 172 valence electrons. The van der Waals surface area contributed by atoms with E-state index in [4.69, 9.17) is 4.74 Å². The van der Waals surface area contributed by atoms with Crippen molar-refractivity contribution in [3.63, 3.8) is 0 Å². The van der Waals surface area contributed by atoms with Gasteiger partial charge in [0.2, 0.25) is 5.91 Å². The summed E-state index contributed by atoms with van der Waals surface area (Å²) in [6.45, 7) is 8.84. The van der Waals surface area contributed by atoms with Gasteiger partial charge in [0.25, 0.3) is 5.91 Å². The predicted octanol–water partition coefficient (Wildman–Crippen LogP) is 1.94. The number of hydrogen-bond donors (Lipinski definition) is 2. The number of piperidine rings is 2. The monoisotopic (exact) mass is 447 g/mol. The van der Waals surface area contributed by atoms with Crippen LogP contribution in [-0.4, -0.2) is 46.0 Å². The summed E-state index contributed by atoms with van der Waals surface area (Å²) in [4.78, 5) is 29.0. The molecule has 3 unspecified atom stereocenters. The lowest BCUT2D eigenvalue weighted by molar-refractivity contribution is -0.802. The summed E-state index contributed by atoms with van der Waals surface area (Å²) in [6.07, 6.45) is 8.10. The van der Waals surface area contributed by atoms with E-state index in [2.05, 4.69) is 19.2 Å². The van der Waals surface area contributed by atoms with Gasteiger partial charge in [0, 0.05) is 29.0 Å². The van der Waals surface area contributed by atoms with Gasteiger partial charge >= 0.3 is 0 Å². The number of carbonyl (C=O) groups excluding carboxylic acids is 2. The third-order valence-corrected chi connectivity index (χ3v) is 9.31. The lowest BCUT2D eigenvalue weighted by Crippen LogP contribution is -3.08. The molecule has 4 fully saturated rings. The molecule has 7 aliphatic rings. The molecule has 2 N–H and O–H groups in total. The van der Waals surface area contributed by atoms with E-state index in [1.807, 2.05) is 49.1 Å². The average Bonchev–Trinajstić information content (AvgIpc) is 3.29. The molecule has 1 aliphatic carbocycles. The average molecular weight is 448 g/mol. The molecule has 1 aromatic rings. The first kappa shape index (κ1) is 19.8. The van der Waals surface area contributed by atoms with E-state index in [-0.39, 0.29) is 28.8 Å². The van der Waals surface area contributed by atoms with Crippen molar-refractivity contribution < 1.29 is 19.4 Å². The molecular weight excluding hydrogens is 418 g/mol. The maximum absolute atomic E-state index is 14.0. The highest BCUT2D eigenvalue weighted by molar-refractivity contribution is 6.08. The Bertz CT molecular complexity index is 1230. The number of ether oxygens (including phenoxy) is 1. The molecule has 6 aliphatic heterocycles. The standard InChI is InChI=1S/C26H29N3O4/c1-23(2)10-8-15-17(33-23)7-6-14-16-12-26-18(24(3,4)20(16)29(32)19(14)15)13-25(21(30)27-26)9-5-11-28(25)22(26)31/h6-8,10,12,18,20,29H,5,9,11,13H2,1-4H3,(H,27,30)/t18?,20?,25-,26-/m0/s1. The molecule has 4 saturated heterocycles. The SMILES string of the molecule is CC1(C)C=Cc2c(ccc3c2[NH+]([O-])C2C3=C[C@@]34NC(=O)[C@]5(CCCN5C3=O)CC4C2(C)C)O1. The van der Waals surface area contributed by atoms with E-state index in [1.165, 1.54) is 0 Å². The molecule has 2 bridgehead atoms. The van der Waals surface area contributed by atoms with Crippen LogP contribution in [0.2, 0.25) is 0 Å². The van der Waals surface area contributed by atoms with Crippen molar-refractivity contribution in [2.24, 2.45) is 11.3 Å². The quantitative estimate of drug-likeness (QED) is 0.596. The van der Waals surface area contributed by atoms with Gasteiger partial charge in [0.1, 0.15) is 28.5 Å². The highest BCUT2D eigenvalue weighted by Crippen LogP contribution is 2.60. The molecule has 0 radical (unpaired) electrons. The Labute approximate surface area is 193 Å². The van der Waals surface area contributed by atoms with Crippen LogP contribution in [0.15, 0.2) is 24.3 Å². The fourth-order valence-corrected chi connectivity index (χ4v) is 7.83. The number of amides is 2. The van der Waals surface area contributed by atoms with Gasteiger partial charge < -0.3 is 25.2 Å². The third kappa shape index (κ3) is 2.06. The topological polar surface area (TPSA) is 86.1 Å². The second-order valence-corrected chi connectivity index (χ2v) is 11.8. The first-order valence-electron chi connectivity index (χ1n) is 12.0. The van der Waals surface area contributed by atoms with Gasteiger partial charge in [0.05, 0.1) is 5.56 Å². The van der Waals surface area contributed by atoms with Gasteiger partial charge in [-0.15, -0.1) is 0 Å². The van der Waals surface area contributed by atoms with Crippen molar-refractivity contribution in [2.45, 2.75) is 69.7 Å². The van der Waals surface area contributed by atoms with Gasteiger partial charge in [-0.05, 0) is 63.5 Å². The fourth-order valence-electron chi connectivity index (χ4n) is 7.83. The lowest BCUT2D eigenvalue weighted by Gasteiger charge is -2.64. The summed E-state index contributed by atoms with van der Waals surface area (Å²) >= 11 is 0. The van der Waals surface area contributed by atoms with E-state index < -0.39 is 22.1 Å². The Hall–Kier alpha value is -2.64. The minimum atomic E-state index is -1.08. The Morgan fingerprint density at radius 1 is 1.21 bits per heavy atom. The Morgan fingerprint density at radius 2 is 2.00 bits per heavy atom. The number of rotatable bonds is 0. The number of nitrogens with zero attached hydrogens (tertiary/aromatic N) is 1. The molecule has 8 rings (SSSR count). The zero-order chi connectivity index (χ0) is 23.1. The maximum atomic E-state index is 14.0. The first-order chi connectivity index (χ1) is 15.5. The summed E-state index contributed by atoms with van der Waals surface area (Å²) < 4.78 is 6.14. The van der Waals surface area contributed by atoms with E-state index in [0.29, 0.717) is 30.8 Å². The van der Waals surface area contributed by atoms with Gasteiger partial charge in [-0.3, -0.25) is 9.59 Å². The van der Waals surface area contributed by atoms with Crippen LogP contribution in [-0.2, 0) is 9.59 Å². The molecule has 6 heterocycles.